The van der Waals surface area contributed by atoms with Gasteiger partial charge in [-0.15, -0.1) is 0 Å². The van der Waals surface area contributed by atoms with E-state index in [0.29, 0.717) is 18.5 Å². The summed E-state index contributed by atoms with van der Waals surface area (Å²) in [5, 5.41) is 0. The largest absolute Gasteiger partial charge is 0.469 e. The Morgan fingerprint density at radius 3 is 2.57 bits per heavy atom. The molecule has 1 aromatic carbocycles. The van der Waals surface area contributed by atoms with Crippen molar-refractivity contribution in [3.63, 3.8) is 0 Å². The van der Waals surface area contributed by atoms with Crippen molar-refractivity contribution in [2.75, 3.05) is 13.7 Å². The summed E-state index contributed by atoms with van der Waals surface area (Å²) in [5.41, 5.74) is 2.85. The number of ketones is 1. The minimum atomic E-state index is -0.415. The Balaban J connectivity index is 2.08. The van der Waals surface area contributed by atoms with Gasteiger partial charge in [0.25, 0.3) is 0 Å². The fraction of sp³-hybridized carbons (Fsp3) is 0.500. The Hall–Kier alpha value is -2.17. The van der Waals surface area contributed by atoms with Crippen LogP contribution in [0.3, 0.4) is 0 Å². The van der Waals surface area contributed by atoms with Gasteiger partial charge >= 0.3 is 5.97 Å². The summed E-state index contributed by atoms with van der Waals surface area (Å²) in [5.74, 6) is -0.582. The Labute approximate surface area is 136 Å². The average Bonchev–Trinajstić information content (AvgIpc) is 3.03. The lowest BCUT2D eigenvalue weighted by Crippen LogP contribution is -2.40. The van der Waals surface area contributed by atoms with E-state index in [2.05, 4.69) is 4.74 Å². The molecule has 5 heteroatoms. The number of Topliss-reactive ketones (excluding diaryl/α,β-unsaturated/α-hetero) is 1. The summed E-state index contributed by atoms with van der Waals surface area (Å²) in [6.07, 6.45) is 1.63. The molecule has 5 nitrogen and oxygen atoms in total. The summed E-state index contributed by atoms with van der Waals surface area (Å²) >= 11 is 0. The lowest BCUT2D eigenvalue weighted by Gasteiger charge is -2.24. The van der Waals surface area contributed by atoms with Crippen LogP contribution in [0.2, 0.25) is 0 Å². The Morgan fingerprint density at radius 1 is 1.17 bits per heavy atom. The number of likely N-dealkylation sites (tertiary alicyclic amines) is 1. The zero-order valence-electron chi connectivity index (χ0n) is 13.9. The van der Waals surface area contributed by atoms with Crippen molar-refractivity contribution < 1.29 is 19.1 Å². The van der Waals surface area contributed by atoms with Gasteiger partial charge in [0.15, 0.2) is 5.78 Å². The minimum absolute atomic E-state index is 0.0166. The number of nitrogens with zero attached hydrogens (tertiary/aromatic N) is 1. The van der Waals surface area contributed by atoms with Crippen molar-refractivity contribution in [1.82, 2.24) is 4.90 Å². The molecule has 1 heterocycles. The van der Waals surface area contributed by atoms with Gasteiger partial charge < -0.3 is 9.64 Å². The maximum atomic E-state index is 12.7. The molecule has 1 aliphatic heterocycles. The molecule has 0 N–H and O–H groups in total. The molecule has 23 heavy (non-hydrogen) atoms. The monoisotopic (exact) mass is 317 g/mol. The van der Waals surface area contributed by atoms with E-state index >= 15 is 0 Å². The number of rotatable bonds is 5. The van der Waals surface area contributed by atoms with Crippen LogP contribution in [0.1, 0.15) is 47.2 Å². The summed E-state index contributed by atoms with van der Waals surface area (Å²) in [7, 11) is 1.30. The second-order valence-electron chi connectivity index (χ2n) is 5.98. The van der Waals surface area contributed by atoms with Crippen LogP contribution in [0.5, 0.6) is 0 Å². The van der Waals surface area contributed by atoms with Gasteiger partial charge in [0.05, 0.1) is 19.6 Å². The van der Waals surface area contributed by atoms with Gasteiger partial charge in [-0.2, -0.15) is 0 Å². The quantitative estimate of drug-likeness (QED) is 0.618. The van der Waals surface area contributed by atoms with Crippen LogP contribution in [0, 0.1) is 13.8 Å². The number of esters is 1. The number of hydrogen-bond donors (Lipinski definition) is 0. The van der Waals surface area contributed by atoms with E-state index in [1.165, 1.54) is 7.11 Å². The van der Waals surface area contributed by atoms with Crippen LogP contribution in [-0.4, -0.2) is 42.3 Å². The molecule has 0 bridgehead atoms. The Bertz CT molecular complexity index is 623. The SMILES string of the molecule is COC(=O)CCC(=O)N1CCCC1C(=O)c1ccc(C)c(C)c1. The third-order valence-electron chi connectivity index (χ3n) is 4.44. The highest BCUT2D eigenvalue weighted by Gasteiger charge is 2.34. The van der Waals surface area contributed by atoms with E-state index in [0.717, 1.165) is 17.5 Å². The van der Waals surface area contributed by atoms with E-state index in [1.54, 1.807) is 4.90 Å². The standard InChI is InChI=1S/C18H23NO4/c1-12-6-7-14(11-13(12)2)18(22)15-5-4-10-19(15)16(20)8-9-17(21)23-3/h6-7,11,15H,4-5,8-10H2,1-3H3. The molecule has 1 aromatic rings. The first-order chi connectivity index (χ1) is 10.9. The average molecular weight is 317 g/mol. The third-order valence-corrected chi connectivity index (χ3v) is 4.44. The first-order valence-electron chi connectivity index (χ1n) is 7.91. The maximum absolute atomic E-state index is 12.7. The van der Waals surface area contributed by atoms with Crippen LogP contribution >= 0.6 is 0 Å². The first-order valence-corrected chi connectivity index (χ1v) is 7.91. The summed E-state index contributed by atoms with van der Waals surface area (Å²) in [6.45, 7) is 4.54. The summed E-state index contributed by atoms with van der Waals surface area (Å²) < 4.78 is 4.55. The fourth-order valence-corrected chi connectivity index (χ4v) is 2.88. The summed E-state index contributed by atoms with van der Waals surface area (Å²) in [6, 6.07) is 5.22. The molecule has 124 valence electrons. The zero-order chi connectivity index (χ0) is 17.0. The van der Waals surface area contributed by atoms with E-state index in [9.17, 15) is 14.4 Å². The van der Waals surface area contributed by atoms with Gasteiger partial charge in [0.2, 0.25) is 5.91 Å². The highest BCUT2D eigenvalue weighted by Crippen LogP contribution is 2.23. The predicted molar refractivity (Wildman–Crippen MR) is 86.2 cm³/mol. The van der Waals surface area contributed by atoms with Gasteiger partial charge in [-0.25, -0.2) is 0 Å². The molecule has 2 rings (SSSR count). The molecular formula is C18H23NO4. The number of hydrogen-bond acceptors (Lipinski definition) is 4. The number of benzene rings is 1. The molecule has 0 radical (unpaired) electrons. The second-order valence-corrected chi connectivity index (χ2v) is 5.98. The molecule has 1 unspecified atom stereocenters. The number of methoxy groups -OCH3 is 1. The lowest BCUT2D eigenvalue weighted by molar-refractivity contribution is -0.143. The van der Waals surface area contributed by atoms with E-state index < -0.39 is 12.0 Å². The molecule has 1 aliphatic rings. The van der Waals surface area contributed by atoms with Gasteiger partial charge in [-0.1, -0.05) is 12.1 Å². The minimum Gasteiger partial charge on any atom is -0.469 e. The highest BCUT2D eigenvalue weighted by atomic mass is 16.5. The topological polar surface area (TPSA) is 63.7 Å². The molecular weight excluding hydrogens is 294 g/mol. The van der Waals surface area contributed by atoms with Gasteiger partial charge in [-0.05, 0) is 43.9 Å². The number of carbonyl (C=O) groups is 3. The Morgan fingerprint density at radius 2 is 1.91 bits per heavy atom. The number of ether oxygens (including phenoxy) is 1. The number of carbonyl (C=O) groups excluding carboxylic acids is 3. The van der Waals surface area contributed by atoms with Crippen LogP contribution in [0.25, 0.3) is 0 Å². The van der Waals surface area contributed by atoms with Crippen molar-refractivity contribution in [2.45, 2.75) is 45.6 Å². The van der Waals surface area contributed by atoms with Crippen LogP contribution < -0.4 is 0 Å². The molecule has 1 fully saturated rings. The molecule has 0 aliphatic carbocycles. The fourth-order valence-electron chi connectivity index (χ4n) is 2.88. The first kappa shape index (κ1) is 17.2. The van der Waals surface area contributed by atoms with Crippen molar-refractivity contribution in [1.29, 1.82) is 0 Å². The van der Waals surface area contributed by atoms with Crippen molar-refractivity contribution in [3.8, 4) is 0 Å². The zero-order valence-corrected chi connectivity index (χ0v) is 13.9. The van der Waals surface area contributed by atoms with E-state index in [4.69, 9.17) is 0 Å². The smallest absolute Gasteiger partial charge is 0.306 e. The van der Waals surface area contributed by atoms with Gasteiger partial charge in [0, 0.05) is 18.5 Å². The van der Waals surface area contributed by atoms with E-state index in [-0.39, 0.29) is 24.5 Å². The van der Waals surface area contributed by atoms with Gasteiger partial charge in [-0.3, -0.25) is 14.4 Å². The van der Waals surface area contributed by atoms with Crippen LogP contribution in [-0.2, 0) is 14.3 Å². The molecule has 1 amide bonds. The molecule has 0 aromatic heterocycles. The number of amides is 1. The highest BCUT2D eigenvalue weighted by molar-refractivity contribution is 6.02. The molecule has 1 saturated heterocycles. The lowest BCUT2D eigenvalue weighted by atomic mass is 9.98. The normalized spacial score (nSPS) is 17.2. The summed E-state index contributed by atoms with van der Waals surface area (Å²) in [4.78, 5) is 37.8. The molecule has 0 saturated carbocycles. The van der Waals surface area contributed by atoms with Gasteiger partial charge in [0.1, 0.15) is 0 Å². The molecule has 0 spiro atoms. The van der Waals surface area contributed by atoms with Crippen molar-refractivity contribution >= 4 is 17.7 Å². The van der Waals surface area contributed by atoms with Crippen molar-refractivity contribution in [3.05, 3.63) is 34.9 Å². The third kappa shape index (κ3) is 3.97. The predicted octanol–water partition coefficient (Wildman–Crippen LogP) is 2.43. The number of aryl methyl sites for hydroxylation is 2. The van der Waals surface area contributed by atoms with Crippen LogP contribution in [0.15, 0.2) is 18.2 Å². The maximum Gasteiger partial charge on any atom is 0.306 e. The van der Waals surface area contributed by atoms with E-state index in [1.807, 2.05) is 32.0 Å². The second kappa shape index (κ2) is 7.40. The Kier molecular flexibility index (Phi) is 5.53. The van der Waals surface area contributed by atoms with Crippen LogP contribution in [0.4, 0.5) is 0 Å². The van der Waals surface area contributed by atoms with Crippen molar-refractivity contribution in [2.24, 2.45) is 0 Å². The molecule has 1 atom stereocenters.